The number of urea groups is 1. The van der Waals surface area contributed by atoms with Crippen LogP contribution in [0.5, 0.6) is 0 Å². The molecule has 8 heteroatoms. The van der Waals surface area contributed by atoms with Crippen LogP contribution in [0.4, 0.5) is 4.79 Å². The summed E-state index contributed by atoms with van der Waals surface area (Å²) in [7, 11) is 1.68. The molecular formula is C14H18N4O3S. The summed E-state index contributed by atoms with van der Waals surface area (Å²) in [4.78, 5) is 29.3. The first-order valence-corrected chi connectivity index (χ1v) is 7.61. The van der Waals surface area contributed by atoms with Gasteiger partial charge in [0.2, 0.25) is 5.91 Å². The molecule has 2 aromatic rings. The molecule has 0 aliphatic heterocycles. The largest absolute Gasteiger partial charge is 0.467 e. The summed E-state index contributed by atoms with van der Waals surface area (Å²) in [5.74, 6) is 0.469. The van der Waals surface area contributed by atoms with Crippen molar-refractivity contribution in [2.45, 2.75) is 20.0 Å². The van der Waals surface area contributed by atoms with E-state index in [0.717, 1.165) is 10.7 Å². The van der Waals surface area contributed by atoms with Crippen LogP contribution in [-0.4, -0.2) is 35.4 Å². The molecule has 118 valence electrons. The normalized spacial score (nSPS) is 10.3. The average Bonchev–Trinajstić information content (AvgIpc) is 3.14. The van der Waals surface area contributed by atoms with Crippen molar-refractivity contribution in [3.63, 3.8) is 0 Å². The summed E-state index contributed by atoms with van der Waals surface area (Å²) in [6.45, 7) is 2.56. The van der Waals surface area contributed by atoms with Crippen molar-refractivity contribution in [3.05, 3.63) is 40.2 Å². The Morgan fingerprint density at radius 2 is 2.23 bits per heavy atom. The zero-order valence-electron chi connectivity index (χ0n) is 12.5. The summed E-state index contributed by atoms with van der Waals surface area (Å²) in [6.07, 6.45) is 1.54. The molecule has 2 aromatic heterocycles. The number of likely N-dealkylation sites (N-methyl/N-ethyl adjacent to an activating group) is 1. The van der Waals surface area contributed by atoms with Crippen molar-refractivity contribution in [2.24, 2.45) is 0 Å². The standard InChI is InChI=1S/C14H18N4O3S/c1-10-17-11(9-22-10)8-18(2)13(19)7-16-14(20)15-6-12-4-3-5-21-12/h3-5,9H,6-8H2,1-2H3,(H2,15,16,20). The highest BCUT2D eigenvalue weighted by Gasteiger charge is 2.12. The van der Waals surface area contributed by atoms with Crippen LogP contribution < -0.4 is 10.6 Å². The first-order chi connectivity index (χ1) is 10.5. The first kappa shape index (κ1) is 16.0. The van der Waals surface area contributed by atoms with E-state index in [4.69, 9.17) is 4.42 Å². The predicted molar refractivity (Wildman–Crippen MR) is 82.3 cm³/mol. The molecule has 0 fully saturated rings. The van der Waals surface area contributed by atoms with E-state index in [1.807, 2.05) is 12.3 Å². The van der Waals surface area contributed by atoms with Crippen LogP contribution in [0.15, 0.2) is 28.2 Å². The Kier molecular flexibility index (Phi) is 5.54. The zero-order valence-corrected chi connectivity index (χ0v) is 13.3. The number of hydrogen-bond donors (Lipinski definition) is 2. The summed E-state index contributed by atoms with van der Waals surface area (Å²) in [5.41, 5.74) is 0.848. The Bertz CT molecular complexity index is 624. The molecule has 0 aromatic carbocycles. The maximum absolute atomic E-state index is 11.9. The second-order valence-electron chi connectivity index (χ2n) is 4.72. The van der Waals surface area contributed by atoms with Gasteiger partial charge in [0.15, 0.2) is 0 Å². The molecule has 3 amide bonds. The van der Waals surface area contributed by atoms with E-state index in [2.05, 4.69) is 15.6 Å². The minimum absolute atomic E-state index is 0.0659. The van der Waals surface area contributed by atoms with E-state index in [9.17, 15) is 9.59 Å². The molecule has 0 bridgehead atoms. The van der Waals surface area contributed by atoms with E-state index >= 15 is 0 Å². The number of nitrogens with zero attached hydrogens (tertiary/aromatic N) is 2. The third-order valence-electron chi connectivity index (χ3n) is 2.89. The minimum Gasteiger partial charge on any atom is -0.467 e. The van der Waals surface area contributed by atoms with Crippen molar-refractivity contribution < 1.29 is 14.0 Å². The fraction of sp³-hybridized carbons (Fsp3) is 0.357. The number of furan rings is 1. The summed E-state index contributed by atoms with van der Waals surface area (Å²) < 4.78 is 5.09. The molecule has 2 heterocycles. The molecule has 22 heavy (non-hydrogen) atoms. The Hall–Kier alpha value is -2.35. The van der Waals surface area contributed by atoms with Crippen LogP contribution in [0.25, 0.3) is 0 Å². The lowest BCUT2D eigenvalue weighted by atomic mass is 10.4. The fourth-order valence-electron chi connectivity index (χ4n) is 1.75. The molecule has 0 radical (unpaired) electrons. The Balaban J connectivity index is 1.68. The van der Waals surface area contributed by atoms with Gasteiger partial charge in [-0.05, 0) is 19.1 Å². The van der Waals surface area contributed by atoms with Gasteiger partial charge >= 0.3 is 6.03 Å². The lowest BCUT2D eigenvalue weighted by Gasteiger charge is -2.16. The lowest BCUT2D eigenvalue weighted by Crippen LogP contribution is -2.42. The quantitative estimate of drug-likeness (QED) is 0.844. The summed E-state index contributed by atoms with van der Waals surface area (Å²) in [5, 5.41) is 8.01. The van der Waals surface area contributed by atoms with Crippen LogP contribution in [0.1, 0.15) is 16.5 Å². The summed E-state index contributed by atoms with van der Waals surface area (Å²) in [6, 6.07) is 3.09. The third-order valence-corrected chi connectivity index (χ3v) is 3.72. The molecule has 0 aliphatic carbocycles. The van der Waals surface area contributed by atoms with Crippen molar-refractivity contribution in [1.82, 2.24) is 20.5 Å². The number of nitrogens with one attached hydrogen (secondary N) is 2. The second kappa shape index (κ2) is 7.60. The molecule has 0 unspecified atom stereocenters. The molecule has 0 aliphatic rings. The maximum atomic E-state index is 11.9. The molecular weight excluding hydrogens is 304 g/mol. The van der Waals surface area contributed by atoms with Crippen LogP contribution in [0.2, 0.25) is 0 Å². The Morgan fingerprint density at radius 3 is 2.86 bits per heavy atom. The Labute approximate surface area is 132 Å². The lowest BCUT2D eigenvalue weighted by molar-refractivity contribution is -0.129. The SMILES string of the molecule is Cc1nc(CN(C)C(=O)CNC(=O)NCc2ccco2)cs1. The van der Waals surface area contributed by atoms with Gasteiger partial charge in [-0.3, -0.25) is 4.79 Å². The van der Waals surface area contributed by atoms with Gasteiger partial charge in [0.25, 0.3) is 0 Å². The highest BCUT2D eigenvalue weighted by Crippen LogP contribution is 2.09. The number of carbonyl (C=O) groups is 2. The zero-order chi connectivity index (χ0) is 15.9. The predicted octanol–water partition coefficient (Wildman–Crippen LogP) is 1.50. The van der Waals surface area contributed by atoms with Gasteiger partial charge < -0.3 is 20.0 Å². The van der Waals surface area contributed by atoms with Crippen molar-refractivity contribution in [1.29, 1.82) is 0 Å². The number of rotatable bonds is 6. The van der Waals surface area contributed by atoms with E-state index < -0.39 is 6.03 Å². The van der Waals surface area contributed by atoms with Crippen LogP contribution in [0, 0.1) is 6.92 Å². The van der Waals surface area contributed by atoms with Crippen molar-refractivity contribution >= 4 is 23.3 Å². The van der Waals surface area contributed by atoms with Gasteiger partial charge in [-0.1, -0.05) is 0 Å². The van der Waals surface area contributed by atoms with E-state index in [-0.39, 0.29) is 19.0 Å². The number of hydrogen-bond acceptors (Lipinski definition) is 5. The average molecular weight is 322 g/mol. The van der Waals surface area contributed by atoms with E-state index in [1.54, 1.807) is 30.5 Å². The van der Waals surface area contributed by atoms with Crippen LogP contribution in [0.3, 0.4) is 0 Å². The topological polar surface area (TPSA) is 87.5 Å². The number of thiazole rings is 1. The molecule has 0 spiro atoms. The molecule has 0 atom stereocenters. The van der Waals surface area contributed by atoms with Crippen LogP contribution >= 0.6 is 11.3 Å². The first-order valence-electron chi connectivity index (χ1n) is 6.73. The highest BCUT2D eigenvalue weighted by atomic mass is 32.1. The maximum Gasteiger partial charge on any atom is 0.315 e. The molecule has 2 rings (SSSR count). The molecule has 2 N–H and O–H groups in total. The van der Waals surface area contributed by atoms with Gasteiger partial charge in [0.05, 0.1) is 36.6 Å². The highest BCUT2D eigenvalue weighted by molar-refractivity contribution is 7.09. The second-order valence-corrected chi connectivity index (χ2v) is 5.79. The number of aromatic nitrogens is 1. The van der Waals surface area contributed by atoms with Crippen LogP contribution in [-0.2, 0) is 17.9 Å². The molecule has 0 saturated heterocycles. The van der Waals surface area contributed by atoms with Gasteiger partial charge in [-0.25, -0.2) is 9.78 Å². The monoisotopic (exact) mass is 322 g/mol. The van der Waals surface area contributed by atoms with Gasteiger partial charge in [-0.15, -0.1) is 11.3 Å². The van der Waals surface area contributed by atoms with Gasteiger partial charge in [0.1, 0.15) is 5.76 Å². The Morgan fingerprint density at radius 1 is 1.41 bits per heavy atom. The third kappa shape index (κ3) is 4.88. The summed E-state index contributed by atoms with van der Waals surface area (Å²) >= 11 is 1.54. The number of carbonyl (C=O) groups excluding carboxylic acids is 2. The van der Waals surface area contributed by atoms with Gasteiger partial charge in [0, 0.05) is 12.4 Å². The minimum atomic E-state index is -0.414. The smallest absolute Gasteiger partial charge is 0.315 e. The van der Waals surface area contributed by atoms with Crippen molar-refractivity contribution in [2.75, 3.05) is 13.6 Å². The molecule has 0 saturated carbocycles. The van der Waals surface area contributed by atoms with Crippen molar-refractivity contribution in [3.8, 4) is 0 Å². The molecule has 7 nitrogen and oxygen atoms in total. The number of aryl methyl sites for hydroxylation is 1. The fourth-order valence-corrected chi connectivity index (χ4v) is 2.35. The van der Waals surface area contributed by atoms with E-state index in [0.29, 0.717) is 12.3 Å². The van der Waals surface area contributed by atoms with E-state index in [1.165, 1.54) is 11.2 Å². The van der Waals surface area contributed by atoms with Gasteiger partial charge in [-0.2, -0.15) is 0 Å². The number of amides is 3.